The van der Waals surface area contributed by atoms with Crippen molar-refractivity contribution in [3.8, 4) is 0 Å². The average molecular weight is 306 g/mol. The van der Waals surface area contributed by atoms with Crippen LogP contribution in [0.1, 0.15) is 17.5 Å². The number of halogens is 3. The minimum absolute atomic E-state index is 0.171. The van der Waals surface area contributed by atoms with Crippen molar-refractivity contribution in [1.29, 1.82) is 0 Å². The van der Waals surface area contributed by atoms with Gasteiger partial charge in [0.15, 0.2) is 0 Å². The number of nitrogens with two attached hydrogens (primary N) is 1. The molecule has 0 unspecified atom stereocenters. The zero-order chi connectivity index (χ0) is 15.2. The van der Waals surface area contributed by atoms with Gasteiger partial charge in [-0.15, -0.1) is 0 Å². The molecule has 0 aliphatic carbocycles. The summed E-state index contributed by atoms with van der Waals surface area (Å²) in [6, 6.07) is 4.09. The second-order valence-corrected chi connectivity index (χ2v) is 5.29. The van der Waals surface area contributed by atoms with Gasteiger partial charge in [-0.3, -0.25) is 4.79 Å². The van der Waals surface area contributed by atoms with Crippen LogP contribution in [0.4, 0.5) is 13.2 Å². The van der Waals surface area contributed by atoms with Crippen LogP contribution in [-0.2, 0) is 17.5 Å². The monoisotopic (exact) mass is 306 g/mol. The van der Waals surface area contributed by atoms with Gasteiger partial charge in [-0.05, 0) is 36.1 Å². The minimum Gasteiger partial charge on any atom is -0.351 e. The van der Waals surface area contributed by atoms with Crippen molar-refractivity contribution in [1.82, 2.24) is 5.32 Å². The molecule has 0 spiro atoms. The maximum atomic E-state index is 12.4. The molecular formula is C13H17F3N2OS. The molecule has 0 bridgehead atoms. The Morgan fingerprint density at radius 3 is 2.45 bits per heavy atom. The van der Waals surface area contributed by atoms with E-state index >= 15 is 0 Å². The van der Waals surface area contributed by atoms with Crippen LogP contribution in [0.25, 0.3) is 0 Å². The molecule has 3 nitrogen and oxygen atoms in total. The Bertz CT molecular complexity index is 434. The largest absolute Gasteiger partial charge is 0.416 e. The molecule has 0 aromatic heterocycles. The number of amides is 1. The molecule has 1 atom stereocenters. The van der Waals surface area contributed by atoms with E-state index in [2.05, 4.69) is 5.32 Å². The number of hydrogen-bond acceptors (Lipinski definition) is 3. The molecule has 1 amide bonds. The van der Waals surface area contributed by atoms with Crippen LogP contribution in [0, 0.1) is 0 Å². The standard InChI is InChI=1S/C13H17F3N2OS/c1-20-7-6-11(17)12(19)18-8-9-2-4-10(5-3-9)13(14,15)16/h2-5,11H,6-8,17H2,1H3,(H,18,19)/t11-/m1/s1. The average Bonchev–Trinajstić information content (AvgIpc) is 2.41. The van der Waals surface area contributed by atoms with Gasteiger partial charge in [0.25, 0.3) is 0 Å². The fourth-order valence-electron chi connectivity index (χ4n) is 1.51. The summed E-state index contributed by atoms with van der Waals surface area (Å²) in [4.78, 5) is 11.6. The zero-order valence-corrected chi connectivity index (χ0v) is 11.9. The Morgan fingerprint density at radius 1 is 1.35 bits per heavy atom. The van der Waals surface area contributed by atoms with E-state index in [0.717, 1.165) is 17.9 Å². The number of hydrogen-bond donors (Lipinski definition) is 2. The lowest BCUT2D eigenvalue weighted by molar-refractivity contribution is -0.137. The van der Waals surface area contributed by atoms with E-state index < -0.39 is 17.8 Å². The van der Waals surface area contributed by atoms with Crippen molar-refractivity contribution in [3.63, 3.8) is 0 Å². The number of benzene rings is 1. The van der Waals surface area contributed by atoms with E-state index in [1.165, 1.54) is 12.1 Å². The highest BCUT2D eigenvalue weighted by atomic mass is 32.2. The molecule has 7 heteroatoms. The highest BCUT2D eigenvalue weighted by Gasteiger charge is 2.29. The summed E-state index contributed by atoms with van der Waals surface area (Å²) in [6.45, 7) is 0.171. The Hall–Kier alpha value is -1.21. The van der Waals surface area contributed by atoms with Crippen LogP contribution < -0.4 is 11.1 Å². The molecule has 0 fully saturated rings. The third-order valence-corrected chi connectivity index (χ3v) is 3.36. The SMILES string of the molecule is CSCC[C@@H](N)C(=O)NCc1ccc(C(F)(F)F)cc1. The number of nitrogens with one attached hydrogen (secondary N) is 1. The maximum Gasteiger partial charge on any atom is 0.416 e. The van der Waals surface area contributed by atoms with Gasteiger partial charge in [0.05, 0.1) is 11.6 Å². The predicted octanol–water partition coefficient (Wildman–Crippen LogP) is 2.40. The van der Waals surface area contributed by atoms with E-state index in [9.17, 15) is 18.0 Å². The van der Waals surface area contributed by atoms with Crippen molar-refractivity contribution < 1.29 is 18.0 Å². The van der Waals surface area contributed by atoms with Crippen LogP contribution in [-0.4, -0.2) is 24.0 Å². The van der Waals surface area contributed by atoms with Crippen molar-refractivity contribution in [2.24, 2.45) is 5.73 Å². The molecule has 1 aromatic carbocycles. The molecule has 0 heterocycles. The molecule has 0 radical (unpaired) electrons. The summed E-state index contributed by atoms with van der Waals surface area (Å²) in [5.74, 6) is 0.494. The Morgan fingerprint density at radius 2 is 1.95 bits per heavy atom. The van der Waals surface area contributed by atoms with E-state index in [1.807, 2.05) is 6.26 Å². The van der Waals surface area contributed by atoms with Crippen LogP contribution in [0.5, 0.6) is 0 Å². The summed E-state index contributed by atoms with van der Waals surface area (Å²) < 4.78 is 37.1. The predicted molar refractivity (Wildman–Crippen MR) is 74.3 cm³/mol. The van der Waals surface area contributed by atoms with Gasteiger partial charge in [0, 0.05) is 6.54 Å². The molecule has 3 N–H and O–H groups in total. The zero-order valence-electron chi connectivity index (χ0n) is 11.0. The molecular weight excluding hydrogens is 289 g/mol. The molecule has 1 rings (SSSR count). The Kier molecular flexibility index (Phi) is 6.35. The number of carbonyl (C=O) groups excluding carboxylic acids is 1. The molecule has 0 saturated heterocycles. The first kappa shape index (κ1) is 16.8. The molecule has 0 aliphatic heterocycles. The summed E-state index contributed by atoms with van der Waals surface area (Å²) in [5, 5.41) is 2.61. The van der Waals surface area contributed by atoms with Gasteiger partial charge in [0.2, 0.25) is 5.91 Å². The van der Waals surface area contributed by atoms with E-state index in [4.69, 9.17) is 5.73 Å². The summed E-state index contributed by atoms with van der Waals surface area (Å²) in [5.41, 5.74) is 5.57. The first-order valence-electron chi connectivity index (χ1n) is 6.03. The van der Waals surface area contributed by atoms with Crippen LogP contribution in [0.15, 0.2) is 24.3 Å². The number of rotatable bonds is 6. The molecule has 20 heavy (non-hydrogen) atoms. The van der Waals surface area contributed by atoms with Crippen molar-refractivity contribution in [2.75, 3.05) is 12.0 Å². The Balaban J connectivity index is 2.48. The first-order chi connectivity index (χ1) is 9.34. The molecule has 1 aromatic rings. The van der Waals surface area contributed by atoms with Crippen LogP contribution in [0.2, 0.25) is 0 Å². The van der Waals surface area contributed by atoms with Crippen molar-refractivity contribution in [3.05, 3.63) is 35.4 Å². The quantitative estimate of drug-likeness (QED) is 0.848. The van der Waals surface area contributed by atoms with Crippen LogP contribution >= 0.6 is 11.8 Å². The lowest BCUT2D eigenvalue weighted by Crippen LogP contribution is -2.40. The minimum atomic E-state index is -4.35. The fourth-order valence-corrected chi connectivity index (χ4v) is 2.00. The second kappa shape index (κ2) is 7.54. The lowest BCUT2D eigenvalue weighted by Gasteiger charge is -2.12. The van der Waals surface area contributed by atoms with E-state index in [1.54, 1.807) is 11.8 Å². The van der Waals surface area contributed by atoms with Gasteiger partial charge in [-0.1, -0.05) is 12.1 Å². The third-order valence-electron chi connectivity index (χ3n) is 2.72. The molecule has 0 aliphatic rings. The van der Waals surface area contributed by atoms with E-state index in [0.29, 0.717) is 12.0 Å². The highest BCUT2D eigenvalue weighted by molar-refractivity contribution is 7.98. The third kappa shape index (κ3) is 5.42. The van der Waals surface area contributed by atoms with E-state index in [-0.39, 0.29) is 12.5 Å². The molecule has 112 valence electrons. The van der Waals surface area contributed by atoms with Crippen molar-refractivity contribution >= 4 is 17.7 Å². The van der Waals surface area contributed by atoms with Crippen molar-refractivity contribution in [2.45, 2.75) is 25.2 Å². The number of alkyl halides is 3. The number of thioether (sulfide) groups is 1. The number of carbonyl (C=O) groups is 1. The fraction of sp³-hybridized carbons (Fsp3) is 0.462. The smallest absolute Gasteiger partial charge is 0.351 e. The van der Waals surface area contributed by atoms with Gasteiger partial charge in [-0.2, -0.15) is 24.9 Å². The second-order valence-electron chi connectivity index (χ2n) is 4.30. The summed E-state index contributed by atoms with van der Waals surface area (Å²) >= 11 is 1.60. The Labute approximate surface area is 120 Å². The normalized spacial score (nSPS) is 13.1. The topological polar surface area (TPSA) is 55.1 Å². The maximum absolute atomic E-state index is 12.4. The molecule has 0 saturated carbocycles. The van der Waals surface area contributed by atoms with Crippen LogP contribution in [0.3, 0.4) is 0 Å². The lowest BCUT2D eigenvalue weighted by atomic mass is 10.1. The summed E-state index contributed by atoms with van der Waals surface area (Å²) in [6.07, 6.45) is -1.85. The first-order valence-corrected chi connectivity index (χ1v) is 7.42. The highest BCUT2D eigenvalue weighted by Crippen LogP contribution is 2.28. The van der Waals surface area contributed by atoms with Gasteiger partial charge >= 0.3 is 6.18 Å². The summed E-state index contributed by atoms with van der Waals surface area (Å²) in [7, 11) is 0. The van der Waals surface area contributed by atoms with Gasteiger partial charge in [0.1, 0.15) is 0 Å². The van der Waals surface area contributed by atoms with Gasteiger partial charge in [-0.25, -0.2) is 0 Å². The van der Waals surface area contributed by atoms with Gasteiger partial charge < -0.3 is 11.1 Å².